The molecule has 0 bridgehead atoms. The fourth-order valence-corrected chi connectivity index (χ4v) is 5.29. The van der Waals surface area contributed by atoms with E-state index in [9.17, 15) is 22.8 Å². The number of aromatic nitrogens is 2. The molecular formula is C23H30F3N5O2. The van der Waals surface area contributed by atoms with E-state index >= 15 is 0 Å². The van der Waals surface area contributed by atoms with Gasteiger partial charge < -0.3 is 16.0 Å². The highest BCUT2D eigenvalue weighted by atomic mass is 19.4. The number of carbonyl (C=O) groups excluding carboxylic acids is 2. The van der Waals surface area contributed by atoms with Crippen molar-refractivity contribution in [3.63, 3.8) is 0 Å². The Morgan fingerprint density at radius 2 is 1.94 bits per heavy atom. The van der Waals surface area contributed by atoms with Gasteiger partial charge in [-0.2, -0.15) is 13.2 Å². The Bertz CT molecular complexity index is 977. The van der Waals surface area contributed by atoms with Gasteiger partial charge in [-0.3, -0.25) is 9.59 Å². The lowest BCUT2D eigenvalue weighted by Gasteiger charge is -2.40. The molecule has 1 aromatic heterocycles. The highest BCUT2D eigenvalue weighted by Crippen LogP contribution is 2.47. The average molecular weight is 466 g/mol. The lowest BCUT2D eigenvalue weighted by Crippen LogP contribution is -2.42. The number of anilines is 1. The Kier molecular flexibility index (Phi) is 6.48. The minimum Gasteiger partial charge on any atom is -0.401 e. The summed E-state index contributed by atoms with van der Waals surface area (Å²) in [7, 11) is 0. The minimum absolute atomic E-state index is 0.0292. The van der Waals surface area contributed by atoms with Crippen LogP contribution in [0.2, 0.25) is 0 Å². The van der Waals surface area contributed by atoms with Crippen molar-refractivity contribution in [3.8, 4) is 0 Å². The number of hydrogen-bond donors (Lipinski definition) is 2. The number of carbonyl (C=O) groups is 2. The number of hydrogen-bond acceptors (Lipinski definition) is 7. The summed E-state index contributed by atoms with van der Waals surface area (Å²) < 4.78 is 41.1. The van der Waals surface area contributed by atoms with Crippen LogP contribution in [0.1, 0.15) is 74.5 Å². The monoisotopic (exact) mass is 465 g/mol. The summed E-state index contributed by atoms with van der Waals surface area (Å²) in [5, 5.41) is 3.23. The largest absolute Gasteiger partial charge is 0.433 e. The zero-order valence-corrected chi connectivity index (χ0v) is 18.8. The van der Waals surface area contributed by atoms with Crippen LogP contribution in [0.25, 0.3) is 0 Å². The van der Waals surface area contributed by atoms with Gasteiger partial charge in [0.05, 0.1) is 5.41 Å². The Morgan fingerprint density at radius 3 is 2.67 bits per heavy atom. The predicted molar refractivity (Wildman–Crippen MR) is 117 cm³/mol. The van der Waals surface area contributed by atoms with Crippen molar-refractivity contribution in [2.45, 2.75) is 70.5 Å². The van der Waals surface area contributed by atoms with Gasteiger partial charge in [0, 0.05) is 36.8 Å². The zero-order valence-electron chi connectivity index (χ0n) is 18.8. The van der Waals surface area contributed by atoms with Crippen LogP contribution in [0.4, 0.5) is 19.1 Å². The second-order valence-corrected chi connectivity index (χ2v) is 9.32. The van der Waals surface area contributed by atoms with Crippen molar-refractivity contribution in [2.24, 2.45) is 11.1 Å². The van der Waals surface area contributed by atoms with Crippen molar-refractivity contribution >= 4 is 17.5 Å². The van der Waals surface area contributed by atoms with Crippen LogP contribution in [0.5, 0.6) is 0 Å². The molecule has 0 amide bonds. The predicted octanol–water partition coefficient (Wildman–Crippen LogP) is 3.39. The van der Waals surface area contributed by atoms with Crippen LogP contribution >= 0.6 is 0 Å². The van der Waals surface area contributed by atoms with Gasteiger partial charge in [-0.25, -0.2) is 9.97 Å². The number of Topliss-reactive ketones (excluding diaryl/α,β-unsaturated/α-hetero) is 2. The van der Waals surface area contributed by atoms with Gasteiger partial charge >= 0.3 is 6.18 Å². The summed E-state index contributed by atoms with van der Waals surface area (Å²) >= 11 is 0. The van der Waals surface area contributed by atoms with Gasteiger partial charge in [-0.15, -0.1) is 0 Å². The van der Waals surface area contributed by atoms with Crippen LogP contribution in [0.3, 0.4) is 0 Å². The Labute approximate surface area is 191 Å². The van der Waals surface area contributed by atoms with E-state index in [1.54, 1.807) is 4.90 Å². The van der Waals surface area contributed by atoms with E-state index in [0.29, 0.717) is 51.3 Å². The molecule has 1 aromatic rings. The second kappa shape index (κ2) is 9.04. The van der Waals surface area contributed by atoms with Crippen LogP contribution in [0, 0.1) is 5.41 Å². The van der Waals surface area contributed by atoms with Gasteiger partial charge in [-0.1, -0.05) is 6.42 Å². The molecule has 3 aliphatic rings. The molecule has 0 unspecified atom stereocenters. The molecule has 180 valence electrons. The molecule has 0 radical (unpaired) electrons. The third kappa shape index (κ3) is 4.49. The van der Waals surface area contributed by atoms with E-state index < -0.39 is 23.1 Å². The zero-order chi connectivity index (χ0) is 23.8. The summed E-state index contributed by atoms with van der Waals surface area (Å²) in [5.74, 6) is -0.719. The fourth-order valence-electron chi connectivity index (χ4n) is 5.29. The summed E-state index contributed by atoms with van der Waals surface area (Å²) in [6.45, 7) is 3.67. The number of halogens is 3. The molecular weight excluding hydrogens is 435 g/mol. The summed E-state index contributed by atoms with van der Waals surface area (Å²) in [6.07, 6.45) is 0.110. The third-order valence-electron chi connectivity index (χ3n) is 7.15. The maximum absolute atomic E-state index is 13.7. The van der Waals surface area contributed by atoms with Gasteiger partial charge in [0.15, 0.2) is 5.69 Å². The molecule has 1 spiro atoms. The van der Waals surface area contributed by atoms with E-state index in [1.807, 2.05) is 6.92 Å². The van der Waals surface area contributed by atoms with Crippen LogP contribution < -0.4 is 16.0 Å². The van der Waals surface area contributed by atoms with Crippen molar-refractivity contribution < 1.29 is 22.8 Å². The Hall–Kier alpha value is -2.49. The molecule has 2 aliphatic carbocycles. The lowest BCUT2D eigenvalue weighted by atomic mass is 9.64. The van der Waals surface area contributed by atoms with E-state index in [-0.39, 0.29) is 34.7 Å². The first-order valence-electron chi connectivity index (χ1n) is 11.6. The maximum atomic E-state index is 13.7. The normalized spacial score (nSPS) is 27.1. The summed E-state index contributed by atoms with van der Waals surface area (Å²) in [6, 6.07) is 0.567. The van der Waals surface area contributed by atoms with E-state index in [0.717, 1.165) is 25.8 Å². The van der Waals surface area contributed by atoms with Crippen molar-refractivity contribution in [2.75, 3.05) is 24.5 Å². The summed E-state index contributed by atoms with van der Waals surface area (Å²) in [4.78, 5) is 36.0. The molecule has 33 heavy (non-hydrogen) atoms. The number of rotatable bonds is 3. The van der Waals surface area contributed by atoms with Gasteiger partial charge in [0.2, 0.25) is 11.7 Å². The Balaban J connectivity index is 1.77. The van der Waals surface area contributed by atoms with Crippen LogP contribution in [0.15, 0.2) is 17.3 Å². The van der Waals surface area contributed by atoms with Crippen molar-refractivity contribution in [1.82, 2.24) is 15.3 Å². The average Bonchev–Trinajstić information content (AvgIpc) is 3.00. The molecule has 0 aromatic carbocycles. The second-order valence-electron chi connectivity index (χ2n) is 9.32. The van der Waals surface area contributed by atoms with Crippen molar-refractivity contribution in [3.05, 3.63) is 28.7 Å². The van der Waals surface area contributed by atoms with Gasteiger partial charge in [-0.05, 0) is 58.1 Å². The van der Waals surface area contributed by atoms with E-state index in [1.165, 1.54) is 0 Å². The fraction of sp³-hybridized carbons (Fsp3) is 0.652. The van der Waals surface area contributed by atoms with E-state index in [2.05, 4.69) is 15.3 Å². The highest BCUT2D eigenvalue weighted by Gasteiger charge is 2.46. The molecule has 3 N–H and O–H groups in total. The Morgan fingerprint density at radius 1 is 1.18 bits per heavy atom. The first kappa shape index (κ1) is 23.7. The molecule has 7 nitrogen and oxygen atoms in total. The molecule has 1 saturated heterocycles. The molecule has 4 rings (SSSR count). The number of nitrogens with zero attached hydrogens (tertiary/aromatic N) is 3. The number of ketones is 2. The van der Waals surface area contributed by atoms with Crippen molar-refractivity contribution in [1.29, 1.82) is 0 Å². The van der Waals surface area contributed by atoms with Crippen LogP contribution in [-0.2, 0) is 11.0 Å². The number of alkyl halides is 3. The molecule has 10 heteroatoms. The number of nitrogens with one attached hydrogen (secondary N) is 1. The standard InChI is InChI=1S/C23H30F3N5O2/c1-14-13-28-10-5-11-31(14)21-29-16(12-17(30-21)23(24,25)26)19(33)15-6-4-9-22(20(15)27)8-3-2-7-18(22)32/h12,14,28H,2-11,13,27H2,1H3/t14-,22+/m0/s1. The maximum Gasteiger partial charge on any atom is 0.433 e. The smallest absolute Gasteiger partial charge is 0.401 e. The van der Waals surface area contributed by atoms with Gasteiger partial charge in [0.1, 0.15) is 11.5 Å². The SMILES string of the molecule is C[C@H]1CNCCCN1c1nc(C(=O)C2=C(N)[C@]3(CCCCC3=O)CCC2)cc(C(F)(F)F)n1. The minimum atomic E-state index is -4.73. The molecule has 1 aliphatic heterocycles. The lowest BCUT2D eigenvalue weighted by molar-refractivity contribution is -0.141. The third-order valence-corrected chi connectivity index (χ3v) is 7.15. The number of allylic oxidation sites excluding steroid dienone is 2. The molecule has 2 atom stereocenters. The van der Waals surface area contributed by atoms with Gasteiger partial charge in [0.25, 0.3) is 0 Å². The van der Waals surface area contributed by atoms with E-state index in [4.69, 9.17) is 5.73 Å². The first-order valence-corrected chi connectivity index (χ1v) is 11.6. The quantitative estimate of drug-likeness (QED) is 0.660. The molecule has 2 fully saturated rings. The highest BCUT2D eigenvalue weighted by molar-refractivity contribution is 6.09. The summed E-state index contributed by atoms with van der Waals surface area (Å²) in [5.41, 5.74) is 4.52. The molecule has 1 saturated carbocycles. The van der Waals surface area contributed by atoms with Crippen LogP contribution in [-0.4, -0.2) is 47.2 Å². The topological polar surface area (TPSA) is 101 Å². The first-order chi connectivity index (χ1) is 15.6. The number of nitrogens with two attached hydrogens (primary N) is 1. The molecule has 2 heterocycles.